The van der Waals surface area contributed by atoms with Crippen molar-refractivity contribution in [3.63, 3.8) is 0 Å². The molecule has 0 aromatic rings. The quantitative estimate of drug-likeness (QED) is 0.0537. The van der Waals surface area contributed by atoms with Crippen LogP contribution in [-0.2, 0) is 33.2 Å². The van der Waals surface area contributed by atoms with Gasteiger partial charge in [0.25, 0.3) is 0 Å². The summed E-state index contributed by atoms with van der Waals surface area (Å²) in [5.41, 5.74) is 0. The molecule has 0 aliphatic heterocycles. The second kappa shape index (κ2) is 28.2. The predicted octanol–water partition coefficient (Wildman–Crippen LogP) is 8.94. The van der Waals surface area contributed by atoms with Gasteiger partial charge in [-0.25, -0.2) is 0 Å². The Bertz CT molecular complexity index is 553. The molecule has 0 heterocycles. The van der Waals surface area contributed by atoms with Crippen molar-refractivity contribution in [1.29, 1.82) is 0 Å². The van der Waals surface area contributed by atoms with Crippen molar-refractivity contribution >= 4 is 0 Å². The van der Waals surface area contributed by atoms with E-state index in [4.69, 9.17) is 33.2 Å². The zero-order chi connectivity index (χ0) is 31.4. The van der Waals surface area contributed by atoms with Gasteiger partial charge in [0.05, 0.1) is 0 Å². The molecule has 7 nitrogen and oxygen atoms in total. The highest BCUT2D eigenvalue weighted by Crippen LogP contribution is 2.36. The maximum Gasteiger partial charge on any atom is 0.310 e. The van der Waals surface area contributed by atoms with Gasteiger partial charge < -0.3 is 33.2 Å². The van der Waals surface area contributed by atoms with Gasteiger partial charge in [0, 0.05) is 62.3 Å². The molecule has 0 N–H and O–H groups in total. The van der Waals surface area contributed by atoms with E-state index in [-0.39, 0.29) is 6.10 Å². The Labute approximate surface area is 255 Å². The van der Waals surface area contributed by atoms with E-state index >= 15 is 0 Å². The van der Waals surface area contributed by atoms with Crippen LogP contribution in [0.3, 0.4) is 0 Å². The Balaban J connectivity index is 0. The molecular weight excluding hydrogens is 520 g/mol. The minimum atomic E-state index is -1.09. The SMILES string of the molecule is CC=CC(CCCCCCC)C(CCCOC)C(C)(OC)OC.CCCCCCCCC(OC)C(OC)(OC)OC. The van der Waals surface area contributed by atoms with E-state index < -0.39 is 11.8 Å². The number of methoxy groups -OCH3 is 7. The summed E-state index contributed by atoms with van der Waals surface area (Å²) in [5.74, 6) is -0.794. The molecule has 41 heavy (non-hydrogen) atoms. The Morgan fingerprint density at radius 1 is 0.585 bits per heavy atom. The van der Waals surface area contributed by atoms with E-state index in [0.29, 0.717) is 11.8 Å². The fraction of sp³-hybridized carbons (Fsp3) is 0.941. The fourth-order valence-electron chi connectivity index (χ4n) is 5.55. The highest BCUT2D eigenvalue weighted by atomic mass is 16.9. The first kappa shape index (κ1) is 42.6. The molecular formula is C34H70O7. The van der Waals surface area contributed by atoms with Gasteiger partial charge in [-0.15, -0.1) is 0 Å². The van der Waals surface area contributed by atoms with Crippen molar-refractivity contribution in [2.75, 3.05) is 56.4 Å². The van der Waals surface area contributed by atoms with E-state index in [1.165, 1.54) is 70.6 Å². The standard InChI is InChI=1S/C20H40O3.C14H30O4/c1-7-9-10-11-12-15-18(14-8-2)19(16-13-17-21-4)20(3,22-5)23-6;1-6-7-8-9-10-11-12-13(15-2)14(16-3,17-4)18-5/h8,14,18-19H,7,9-13,15-17H2,1-6H3;13H,6-12H2,1-5H3. The van der Waals surface area contributed by atoms with E-state index in [2.05, 4.69) is 39.8 Å². The lowest BCUT2D eigenvalue weighted by Crippen LogP contribution is -2.48. The van der Waals surface area contributed by atoms with Gasteiger partial charge in [0.1, 0.15) is 6.10 Å². The van der Waals surface area contributed by atoms with Crippen LogP contribution in [0.5, 0.6) is 0 Å². The van der Waals surface area contributed by atoms with Gasteiger partial charge in [0.2, 0.25) is 0 Å². The summed E-state index contributed by atoms with van der Waals surface area (Å²) in [6.07, 6.45) is 22.6. The molecule has 7 heteroatoms. The van der Waals surface area contributed by atoms with Crippen LogP contribution < -0.4 is 0 Å². The van der Waals surface area contributed by atoms with Crippen LogP contribution in [0.25, 0.3) is 0 Å². The largest absolute Gasteiger partial charge is 0.385 e. The van der Waals surface area contributed by atoms with E-state index in [1.807, 2.05) is 0 Å². The number of rotatable bonds is 27. The topological polar surface area (TPSA) is 64.6 Å². The zero-order valence-corrected chi connectivity index (χ0v) is 29.1. The molecule has 0 aliphatic carbocycles. The Morgan fingerprint density at radius 2 is 1.07 bits per heavy atom. The van der Waals surface area contributed by atoms with Gasteiger partial charge in [-0.05, 0) is 45.4 Å². The van der Waals surface area contributed by atoms with Crippen LogP contribution in [0.1, 0.15) is 124 Å². The van der Waals surface area contributed by atoms with Gasteiger partial charge in [0.15, 0.2) is 5.79 Å². The summed E-state index contributed by atoms with van der Waals surface area (Å²) in [6, 6.07) is 0. The van der Waals surface area contributed by atoms with Crippen LogP contribution in [0.2, 0.25) is 0 Å². The highest BCUT2D eigenvalue weighted by Gasteiger charge is 2.40. The molecule has 0 aromatic heterocycles. The van der Waals surface area contributed by atoms with Crippen LogP contribution in [0.4, 0.5) is 0 Å². The summed E-state index contributed by atoms with van der Waals surface area (Å²) >= 11 is 0. The first-order valence-corrected chi connectivity index (χ1v) is 16.2. The molecule has 0 radical (unpaired) electrons. The van der Waals surface area contributed by atoms with Crippen molar-refractivity contribution < 1.29 is 33.2 Å². The predicted molar refractivity (Wildman–Crippen MR) is 171 cm³/mol. The molecule has 0 rings (SSSR count). The molecule has 0 spiro atoms. The Morgan fingerprint density at radius 3 is 1.49 bits per heavy atom. The lowest BCUT2D eigenvalue weighted by molar-refractivity contribution is -0.391. The van der Waals surface area contributed by atoms with Gasteiger partial charge in [-0.3, -0.25) is 0 Å². The molecule has 0 fully saturated rings. The van der Waals surface area contributed by atoms with Crippen molar-refractivity contribution in [3.8, 4) is 0 Å². The van der Waals surface area contributed by atoms with Gasteiger partial charge >= 0.3 is 5.97 Å². The molecule has 0 saturated heterocycles. The molecule has 0 aliphatic rings. The first-order chi connectivity index (χ1) is 19.8. The van der Waals surface area contributed by atoms with Crippen LogP contribution in [-0.4, -0.2) is 74.2 Å². The Kier molecular flexibility index (Phi) is 29.3. The summed E-state index contributed by atoms with van der Waals surface area (Å²) in [7, 11) is 11.6. The van der Waals surface area contributed by atoms with Crippen molar-refractivity contribution in [3.05, 3.63) is 12.2 Å². The summed E-state index contributed by atoms with van der Waals surface area (Å²) in [5, 5.41) is 0. The minimum absolute atomic E-state index is 0.205. The van der Waals surface area contributed by atoms with Gasteiger partial charge in [-0.2, -0.15) is 0 Å². The number of allylic oxidation sites excluding steroid dienone is 2. The molecule has 0 saturated carbocycles. The second-order valence-corrected chi connectivity index (χ2v) is 11.1. The number of unbranched alkanes of at least 4 members (excludes halogenated alkanes) is 9. The maximum absolute atomic E-state index is 5.76. The summed E-state index contributed by atoms with van der Waals surface area (Å²) < 4.78 is 38.1. The third-order valence-electron chi connectivity index (χ3n) is 8.30. The fourth-order valence-corrected chi connectivity index (χ4v) is 5.55. The van der Waals surface area contributed by atoms with E-state index in [9.17, 15) is 0 Å². The van der Waals surface area contributed by atoms with Crippen LogP contribution in [0, 0.1) is 11.8 Å². The number of hydrogen-bond acceptors (Lipinski definition) is 7. The average Bonchev–Trinajstić information content (AvgIpc) is 3.00. The molecule has 3 atom stereocenters. The molecule has 0 aromatic carbocycles. The summed E-state index contributed by atoms with van der Waals surface area (Å²) in [4.78, 5) is 0. The minimum Gasteiger partial charge on any atom is -0.385 e. The third-order valence-corrected chi connectivity index (χ3v) is 8.30. The maximum atomic E-state index is 5.76. The molecule has 248 valence electrons. The van der Waals surface area contributed by atoms with Crippen LogP contribution >= 0.6 is 0 Å². The number of ether oxygens (including phenoxy) is 7. The molecule has 0 bridgehead atoms. The second-order valence-electron chi connectivity index (χ2n) is 11.1. The van der Waals surface area contributed by atoms with Crippen LogP contribution in [0.15, 0.2) is 12.2 Å². The van der Waals surface area contributed by atoms with Crippen molar-refractivity contribution in [2.24, 2.45) is 11.8 Å². The van der Waals surface area contributed by atoms with Gasteiger partial charge in [-0.1, -0.05) is 96.6 Å². The lowest BCUT2D eigenvalue weighted by Gasteiger charge is -2.39. The van der Waals surface area contributed by atoms with Crippen molar-refractivity contribution in [1.82, 2.24) is 0 Å². The van der Waals surface area contributed by atoms with E-state index in [1.54, 1.807) is 49.8 Å². The lowest BCUT2D eigenvalue weighted by atomic mass is 9.79. The van der Waals surface area contributed by atoms with Crippen molar-refractivity contribution in [2.45, 2.75) is 142 Å². The zero-order valence-electron chi connectivity index (χ0n) is 29.1. The molecule has 3 unspecified atom stereocenters. The molecule has 0 amide bonds. The third kappa shape index (κ3) is 18.0. The smallest absolute Gasteiger partial charge is 0.310 e. The van der Waals surface area contributed by atoms with E-state index in [0.717, 1.165) is 32.3 Å². The highest BCUT2D eigenvalue weighted by molar-refractivity contribution is 4.94. The summed E-state index contributed by atoms with van der Waals surface area (Å²) in [6.45, 7) is 9.45. The normalized spacial score (nSPS) is 14.6. The average molecular weight is 591 g/mol. The first-order valence-electron chi connectivity index (χ1n) is 16.2. The number of hydrogen-bond donors (Lipinski definition) is 0. The monoisotopic (exact) mass is 591 g/mol. The Hall–Kier alpha value is -0.540.